The van der Waals surface area contributed by atoms with Crippen LogP contribution in [0.4, 0.5) is 5.69 Å². The molecular weight excluding hydrogens is 322 g/mol. The van der Waals surface area contributed by atoms with Gasteiger partial charge in [0.2, 0.25) is 11.8 Å². The van der Waals surface area contributed by atoms with Crippen molar-refractivity contribution in [3.8, 4) is 0 Å². The fraction of sp³-hybridized carbons (Fsp3) is 0.444. The first-order valence-electron chi connectivity index (χ1n) is 8.47. The Balaban J connectivity index is 1.97. The molecule has 0 bridgehead atoms. The first-order chi connectivity index (χ1) is 12.0. The molecule has 0 spiro atoms. The van der Waals surface area contributed by atoms with Crippen molar-refractivity contribution < 1.29 is 14.5 Å². The summed E-state index contributed by atoms with van der Waals surface area (Å²) in [6, 6.07) is 5.67. The lowest BCUT2D eigenvalue weighted by Crippen LogP contribution is -2.42. The van der Waals surface area contributed by atoms with Gasteiger partial charge in [0.1, 0.15) is 0 Å². The van der Waals surface area contributed by atoms with Crippen molar-refractivity contribution in [3.63, 3.8) is 0 Å². The first kappa shape index (κ1) is 18.6. The maximum Gasteiger partial charge on any atom is 0.269 e. The number of carbonyl (C=O) groups is 2. The largest absolute Gasteiger partial charge is 0.370 e. The Morgan fingerprint density at radius 1 is 1.24 bits per heavy atom. The quantitative estimate of drug-likeness (QED) is 0.449. The lowest BCUT2D eigenvalue weighted by molar-refractivity contribution is -0.384. The van der Waals surface area contributed by atoms with E-state index in [1.54, 1.807) is 18.2 Å². The zero-order valence-corrected chi connectivity index (χ0v) is 14.0. The van der Waals surface area contributed by atoms with Crippen molar-refractivity contribution >= 4 is 23.6 Å². The number of hydrogen-bond donors (Lipinski definition) is 2. The molecule has 1 aliphatic rings. The lowest BCUT2D eigenvalue weighted by Gasteiger charge is -2.30. The van der Waals surface area contributed by atoms with E-state index in [4.69, 9.17) is 5.73 Å². The summed E-state index contributed by atoms with van der Waals surface area (Å²) in [6.07, 6.45) is 8.48. The molecule has 0 aliphatic heterocycles. The van der Waals surface area contributed by atoms with Gasteiger partial charge in [-0.1, -0.05) is 19.3 Å². The number of rotatable bonds is 7. The summed E-state index contributed by atoms with van der Waals surface area (Å²) < 4.78 is 0. The van der Waals surface area contributed by atoms with Crippen LogP contribution >= 0.6 is 0 Å². The monoisotopic (exact) mass is 345 g/mol. The van der Waals surface area contributed by atoms with E-state index in [0.717, 1.165) is 25.7 Å². The second-order valence-corrected chi connectivity index (χ2v) is 6.37. The van der Waals surface area contributed by atoms with Gasteiger partial charge in [-0.3, -0.25) is 19.7 Å². The summed E-state index contributed by atoms with van der Waals surface area (Å²) in [5.41, 5.74) is 6.00. The Labute approximate surface area is 146 Å². The third-order valence-corrected chi connectivity index (χ3v) is 4.50. The molecule has 1 atom stereocenters. The van der Waals surface area contributed by atoms with E-state index >= 15 is 0 Å². The van der Waals surface area contributed by atoms with E-state index in [2.05, 4.69) is 5.32 Å². The highest BCUT2D eigenvalue weighted by molar-refractivity contribution is 5.92. The van der Waals surface area contributed by atoms with Crippen LogP contribution in [-0.2, 0) is 9.59 Å². The van der Waals surface area contributed by atoms with Gasteiger partial charge < -0.3 is 11.1 Å². The minimum Gasteiger partial charge on any atom is -0.370 e. The third kappa shape index (κ3) is 6.02. The van der Waals surface area contributed by atoms with E-state index < -0.39 is 10.8 Å². The molecule has 1 aromatic carbocycles. The standard InChI is InChI=1S/C18H23N3O4/c19-17(22)12-16(14-4-2-1-3-5-14)20-18(23)11-8-13-6-9-15(10-7-13)21(24)25/h6-11,14,16H,1-5,12H2,(H2,19,22)(H,20,23). The van der Waals surface area contributed by atoms with E-state index in [1.807, 2.05) is 0 Å². The summed E-state index contributed by atoms with van der Waals surface area (Å²) in [7, 11) is 0. The molecule has 134 valence electrons. The average Bonchev–Trinajstić information content (AvgIpc) is 2.60. The molecule has 0 heterocycles. The maximum absolute atomic E-state index is 12.2. The molecule has 0 radical (unpaired) electrons. The fourth-order valence-electron chi connectivity index (χ4n) is 3.20. The number of nitro groups is 1. The Morgan fingerprint density at radius 2 is 1.88 bits per heavy atom. The van der Waals surface area contributed by atoms with Crippen LogP contribution in [0.2, 0.25) is 0 Å². The van der Waals surface area contributed by atoms with Crippen LogP contribution in [0.1, 0.15) is 44.1 Å². The zero-order chi connectivity index (χ0) is 18.2. The molecule has 1 saturated carbocycles. The average molecular weight is 345 g/mol. The van der Waals surface area contributed by atoms with Gasteiger partial charge in [0, 0.05) is 30.7 Å². The van der Waals surface area contributed by atoms with E-state index in [-0.39, 0.29) is 30.0 Å². The minimum atomic E-state index is -0.473. The highest BCUT2D eigenvalue weighted by atomic mass is 16.6. The van der Waals surface area contributed by atoms with Gasteiger partial charge in [-0.25, -0.2) is 0 Å². The molecule has 1 unspecified atom stereocenters. The number of nitrogens with zero attached hydrogens (tertiary/aromatic N) is 1. The summed E-state index contributed by atoms with van der Waals surface area (Å²) in [4.78, 5) is 33.6. The Kier molecular flexibility index (Phi) is 6.68. The molecule has 1 fully saturated rings. The van der Waals surface area contributed by atoms with Gasteiger partial charge in [-0.05, 0) is 42.5 Å². The molecule has 7 heteroatoms. The second kappa shape index (κ2) is 8.96. The number of non-ortho nitro benzene ring substituents is 1. The second-order valence-electron chi connectivity index (χ2n) is 6.37. The van der Waals surface area contributed by atoms with Crippen molar-refractivity contribution in [2.45, 2.75) is 44.6 Å². The molecular formula is C18H23N3O4. The smallest absolute Gasteiger partial charge is 0.269 e. The van der Waals surface area contributed by atoms with Crippen molar-refractivity contribution in [3.05, 3.63) is 46.0 Å². The van der Waals surface area contributed by atoms with Gasteiger partial charge in [-0.15, -0.1) is 0 Å². The number of benzene rings is 1. The third-order valence-electron chi connectivity index (χ3n) is 4.50. The molecule has 3 N–H and O–H groups in total. The molecule has 0 saturated heterocycles. The molecule has 1 aromatic rings. The van der Waals surface area contributed by atoms with Gasteiger partial charge in [0.25, 0.3) is 5.69 Å². The molecule has 1 aliphatic carbocycles. The number of nitrogens with one attached hydrogen (secondary N) is 1. The highest BCUT2D eigenvalue weighted by Crippen LogP contribution is 2.27. The molecule has 25 heavy (non-hydrogen) atoms. The number of carbonyl (C=O) groups excluding carboxylic acids is 2. The van der Waals surface area contributed by atoms with E-state index in [0.29, 0.717) is 5.56 Å². The van der Waals surface area contributed by atoms with Gasteiger partial charge in [0.05, 0.1) is 4.92 Å². The predicted octanol–water partition coefficient (Wildman–Crippen LogP) is 2.55. The van der Waals surface area contributed by atoms with Crippen LogP contribution in [0.25, 0.3) is 6.08 Å². The number of hydrogen-bond acceptors (Lipinski definition) is 4. The van der Waals surface area contributed by atoms with Crippen LogP contribution in [0, 0.1) is 16.0 Å². The number of amides is 2. The van der Waals surface area contributed by atoms with Crippen LogP contribution < -0.4 is 11.1 Å². The highest BCUT2D eigenvalue weighted by Gasteiger charge is 2.25. The Hall–Kier alpha value is -2.70. The van der Waals surface area contributed by atoms with Crippen molar-refractivity contribution in [2.24, 2.45) is 11.7 Å². The maximum atomic E-state index is 12.2. The number of primary amides is 1. The van der Waals surface area contributed by atoms with E-state index in [9.17, 15) is 19.7 Å². The van der Waals surface area contributed by atoms with Crippen molar-refractivity contribution in [1.29, 1.82) is 0 Å². The van der Waals surface area contributed by atoms with Crippen LogP contribution in [0.3, 0.4) is 0 Å². The topological polar surface area (TPSA) is 115 Å². The van der Waals surface area contributed by atoms with Gasteiger partial charge in [-0.2, -0.15) is 0 Å². The summed E-state index contributed by atoms with van der Waals surface area (Å²) in [5, 5.41) is 13.5. The minimum absolute atomic E-state index is 0.000391. The Morgan fingerprint density at radius 3 is 2.44 bits per heavy atom. The van der Waals surface area contributed by atoms with Crippen molar-refractivity contribution in [1.82, 2.24) is 5.32 Å². The van der Waals surface area contributed by atoms with Gasteiger partial charge >= 0.3 is 0 Å². The van der Waals surface area contributed by atoms with Crippen LogP contribution in [0.5, 0.6) is 0 Å². The number of nitrogens with two attached hydrogens (primary N) is 1. The number of nitro benzene ring substituents is 1. The summed E-state index contributed by atoms with van der Waals surface area (Å²) >= 11 is 0. The first-order valence-corrected chi connectivity index (χ1v) is 8.47. The fourth-order valence-corrected chi connectivity index (χ4v) is 3.20. The van der Waals surface area contributed by atoms with Crippen LogP contribution in [0.15, 0.2) is 30.3 Å². The molecule has 2 amide bonds. The lowest BCUT2D eigenvalue weighted by atomic mass is 9.82. The van der Waals surface area contributed by atoms with Gasteiger partial charge in [0.15, 0.2) is 0 Å². The summed E-state index contributed by atoms with van der Waals surface area (Å²) in [5.74, 6) is -0.441. The normalized spacial score (nSPS) is 16.5. The zero-order valence-electron chi connectivity index (χ0n) is 14.0. The van der Waals surface area contributed by atoms with E-state index in [1.165, 1.54) is 24.6 Å². The predicted molar refractivity (Wildman–Crippen MR) is 94.4 cm³/mol. The SMILES string of the molecule is NC(=O)CC(NC(=O)C=Cc1ccc([N+](=O)[O-])cc1)C1CCCCC1. The molecule has 0 aromatic heterocycles. The van der Waals surface area contributed by atoms with Crippen LogP contribution in [-0.4, -0.2) is 22.8 Å². The molecule has 7 nitrogen and oxygen atoms in total. The Bertz CT molecular complexity index is 649. The summed E-state index contributed by atoms with van der Waals surface area (Å²) in [6.45, 7) is 0. The van der Waals surface area contributed by atoms with Crippen molar-refractivity contribution in [2.75, 3.05) is 0 Å². The molecule has 2 rings (SSSR count).